The molecule has 0 unspecified atom stereocenters. The monoisotopic (exact) mass is 364 g/mol. The third kappa shape index (κ3) is 6.39. The normalized spacial score (nSPS) is 19.4. The molecular weight excluding hydrogens is 328 g/mol. The molecule has 0 saturated heterocycles. The molecule has 0 aromatic heterocycles. The number of hydrogen-bond donors (Lipinski definition) is 0. The average Bonchev–Trinajstić information content (AvgIpc) is 2.70. The zero-order valence-electron chi connectivity index (χ0n) is 17.4. The van der Waals surface area contributed by atoms with Crippen LogP contribution in [0, 0.1) is 34.5 Å². The summed E-state index contributed by atoms with van der Waals surface area (Å²) in [6, 6.07) is 8.91. The molecule has 0 aliphatic heterocycles. The molecule has 27 heavy (non-hydrogen) atoms. The molecule has 2 heteroatoms. The van der Waals surface area contributed by atoms with Crippen LogP contribution in [0.15, 0.2) is 12.1 Å². The van der Waals surface area contributed by atoms with Gasteiger partial charge in [0.2, 0.25) is 0 Å². The molecule has 0 heterocycles. The molecule has 0 spiro atoms. The van der Waals surface area contributed by atoms with Crippen LogP contribution in [0.4, 0.5) is 0 Å². The molecule has 1 aromatic rings. The number of nitriles is 2. The molecule has 0 N–H and O–H groups in total. The second-order valence-corrected chi connectivity index (χ2v) is 8.38. The summed E-state index contributed by atoms with van der Waals surface area (Å²) < 4.78 is 0. The summed E-state index contributed by atoms with van der Waals surface area (Å²) in [5.74, 6) is 1.74. The molecule has 2 nitrogen and oxygen atoms in total. The van der Waals surface area contributed by atoms with Crippen molar-refractivity contribution in [3.05, 3.63) is 34.4 Å². The van der Waals surface area contributed by atoms with Gasteiger partial charge in [-0.05, 0) is 48.6 Å². The zero-order valence-corrected chi connectivity index (χ0v) is 17.4. The standard InChI is InChI=1S/C25H36N2/c1-3-5-6-7-9-22-16-17-23(25(19-27)24(22)18-26)15-14-21-12-10-20(8-4-2)11-13-21/h16-17,20-21H,3-15H2,1-2H3. The van der Waals surface area contributed by atoms with E-state index in [-0.39, 0.29) is 0 Å². The van der Waals surface area contributed by atoms with Crippen LogP contribution in [-0.4, -0.2) is 0 Å². The average molecular weight is 365 g/mol. The Labute approximate surface area is 166 Å². The maximum Gasteiger partial charge on any atom is 0.101 e. The Balaban J connectivity index is 1.97. The third-order valence-electron chi connectivity index (χ3n) is 6.39. The Morgan fingerprint density at radius 2 is 1.30 bits per heavy atom. The molecule has 1 aromatic carbocycles. The van der Waals surface area contributed by atoms with Gasteiger partial charge in [-0.1, -0.05) is 83.8 Å². The van der Waals surface area contributed by atoms with Crippen LogP contribution in [0.1, 0.15) is 107 Å². The van der Waals surface area contributed by atoms with Crippen LogP contribution < -0.4 is 0 Å². The number of aryl methyl sites for hydroxylation is 2. The van der Waals surface area contributed by atoms with Gasteiger partial charge in [-0.25, -0.2) is 0 Å². The second-order valence-electron chi connectivity index (χ2n) is 8.38. The van der Waals surface area contributed by atoms with Gasteiger partial charge in [-0.3, -0.25) is 0 Å². The number of nitrogens with zero attached hydrogens (tertiary/aromatic N) is 2. The predicted octanol–water partition coefficient (Wildman–Crippen LogP) is 7.09. The molecule has 1 fully saturated rings. The summed E-state index contributed by atoms with van der Waals surface area (Å²) in [4.78, 5) is 0. The maximum atomic E-state index is 9.69. The largest absolute Gasteiger partial charge is 0.192 e. The van der Waals surface area contributed by atoms with Crippen molar-refractivity contribution < 1.29 is 0 Å². The highest BCUT2D eigenvalue weighted by molar-refractivity contribution is 5.54. The summed E-state index contributed by atoms with van der Waals surface area (Å²) in [5, 5.41) is 19.3. The van der Waals surface area contributed by atoms with Gasteiger partial charge in [0.05, 0.1) is 11.1 Å². The fourth-order valence-electron chi connectivity index (χ4n) is 4.68. The number of rotatable bonds is 10. The van der Waals surface area contributed by atoms with Gasteiger partial charge in [-0.2, -0.15) is 10.5 Å². The van der Waals surface area contributed by atoms with E-state index in [1.165, 1.54) is 57.8 Å². The van der Waals surface area contributed by atoms with E-state index >= 15 is 0 Å². The summed E-state index contributed by atoms with van der Waals surface area (Å²) in [5.41, 5.74) is 3.43. The third-order valence-corrected chi connectivity index (χ3v) is 6.39. The Morgan fingerprint density at radius 3 is 1.81 bits per heavy atom. The van der Waals surface area contributed by atoms with Crippen molar-refractivity contribution in [3.63, 3.8) is 0 Å². The molecular formula is C25H36N2. The van der Waals surface area contributed by atoms with E-state index in [1.54, 1.807) is 0 Å². The van der Waals surface area contributed by atoms with Crippen LogP contribution in [0.5, 0.6) is 0 Å². The molecule has 1 aliphatic carbocycles. The Bertz CT molecular complexity index is 654. The second kappa shape index (κ2) is 11.8. The van der Waals surface area contributed by atoms with Crippen LogP contribution in [0.25, 0.3) is 0 Å². The summed E-state index contributed by atoms with van der Waals surface area (Å²) in [7, 11) is 0. The predicted molar refractivity (Wildman–Crippen MR) is 112 cm³/mol. The van der Waals surface area contributed by atoms with Crippen molar-refractivity contribution in [1.82, 2.24) is 0 Å². The highest BCUT2D eigenvalue weighted by Gasteiger charge is 2.21. The van der Waals surface area contributed by atoms with Gasteiger partial charge >= 0.3 is 0 Å². The zero-order chi connectivity index (χ0) is 19.5. The minimum atomic E-state index is 0.637. The van der Waals surface area contributed by atoms with Gasteiger partial charge < -0.3 is 0 Å². The van der Waals surface area contributed by atoms with Crippen molar-refractivity contribution >= 4 is 0 Å². The quantitative estimate of drug-likeness (QED) is 0.416. The first-order chi connectivity index (χ1) is 13.2. The van der Waals surface area contributed by atoms with Crippen molar-refractivity contribution in [2.45, 2.75) is 97.3 Å². The lowest BCUT2D eigenvalue weighted by atomic mass is 9.77. The molecule has 1 aliphatic rings. The van der Waals surface area contributed by atoms with E-state index in [9.17, 15) is 10.5 Å². The minimum Gasteiger partial charge on any atom is -0.192 e. The number of unbranched alkanes of at least 4 members (excludes halogenated alkanes) is 3. The van der Waals surface area contributed by atoms with Crippen molar-refractivity contribution in [2.75, 3.05) is 0 Å². The van der Waals surface area contributed by atoms with E-state index < -0.39 is 0 Å². The molecule has 0 atom stereocenters. The first kappa shape index (κ1) is 21.5. The first-order valence-electron chi connectivity index (χ1n) is 11.2. The Morgan fingerprint density at radius 1 is 0.741 bits per heavy atom. The van der Waals surface area contributed by atoms with Crippen LogP contribution in [0.3, 0.4) is 0 Å². The van der Waals surface area contributed by atoms with Crippen molar-refractivity contribution in [1.29, 1.82) is 10.5 Å². The Hall–Kier alpha value is -1.80. The molecule has 1 saturated carbocycles. The van der Waals surface area contributed by atoms with E-state index in [0.29, 0.717) is 11.1 Å². The SMILES string of the molecule is CCCCCCc1ccc(CCC2CCC(CCC)CC2)c(C#N)c1C#N. The fraction of sp³-hybridized carbons (Fsp3) is 0.680. The van der Waals surface area contributed by atoms with E-state index in [1.807, 2.05) is 0 Å². The van der Waals surface area contributed by atoms with E-state index in [2.05, 4.69) is 38.1 Å². The maximum absolute atomic E-state index is 9.69. The lowest BCUT2D eigenvalue weighted by Gasteiger charge is -2.28. The van der Waals surface area contributed by atoms with Crippen molar-refractivity contribution in [3.8, 4) is 12.1 Å². The molecule has 0 amide bonds. The van der Waals surface area contributed by atoms with Gasteiger partial charge in [0.1, 0.15) is 12.1 Å². The number of hydrogen-bond acceptors (Lipinski definition) is 2. The van der Waals surface area contributed by atoms with Gasteiger partial charge in [0.15, 0.2) is 0 Å². The lowest BCUT2D eigenvalue weighted by molar-refractivity contribution is 0.252. The molecule has 146 valence electrons. The van der Waals surface area contributed by atoms with Gasteiger partial charge in [-0.15, -0.1) is 0 Å². The van der Waals surface area contributed by atoms with Gasteiger partial charge in [0, 0.05) is 0 Å². The highest BCUT2D eigenvalue weighted by atomic mass is 14.3. The van der Waals surface area contributed by atoms with Crippen LogP contribution in [0.2, 0.25) is 0 Å². The summed E-state index contributed by atoms with van der Waals surface area (Å²) in [6.45, 7) is 4.50. The van der Waals surface area contributed by atoms with Crippen molar-refractivity contribution in [2.24, 2.45) is 11.8 Å². The summed E-state index contributed by atoms with van der Waals surface area (Å²) >= 11 is 0. The Kier molecular flexibility index (Phi) is 9.41. The van der Waals surface area contributed by atoms with E-state index in [0.717, 1.165) is 48.6 Å². The fourth-order valence-corrected chi connectivity index (χ4v) is 4.68. The van der Waals surface area contributed by atoms with Crippen LogP contribution >= 0.6 is 0 Å². The minimum absolute atomic E-state index is 0.637. The lowest BCUT2D eigenvalue weighted by Crippen LogP contribution is -2.15. The highest BCUT2D eigenvalue weighted by Crippen LogP contribution is 2.34. The topological polar surface area (TPSA) is 47.6 Å². The molecule has 2 rings (SSSR count). The number of benzene rings is 1. The smallest absolute Gasteiger partial charge is 0.101 e. The molecule has 0 bridgehead atoms. The molecule has 0 radical (unpaired) electrons. The first-order valence-corrected chi connectivity index (χ1v) is 11.2. The van der Waals surface area contributed by atoms with E-state index in [4.69, 9.17) is 0 Å². The van der Waals surface area contributed by atoms with Crippen LogP contribution in [-0.2, 0) is 12.8 Å². The summed E-state index contributed by atoms with van der Waals surface area (Å²) in [6.07, 6.45) is 15.9. The van der Waals surface area contributed by atoms with Gasteiger partial charge in [0.25, 0.3) is 0 Å².